The molecular weight excluding hydrogens is 178 g/mol. The van der Waals surface area contributed by atoms with E-state index in [1.165, 1.54) is 7.11 Å². The smallest absolute Gasteiger partial charge is 0.308 e. The number of methoxy groups -OCH3 is 1. The first-order valence-corrected chi connectivity index (χ1v) is 4.88. The lowest BCUT2D eigenvalue weighted by atomic mass is 9.80. The molecule has 0 radical (unpaired) electrons. The molecule has 0 aliphatic rings. The Morgan fingerprint density at radius 2 is 2.14 bits per heavy atom. The molecule has 0 amide bonds. The van der Waals surface area contributed by atoms with E-state index in [0.717, 1.165) is 12.8 Å². The highest BCUT2D eigenvalue weighted by atomic mass is 16.5. The molecule has 0 saturated carbocycles. The second-order valence-corrected chi connectivity index (χ2v) is 4.45. The van der Waals surface area contributed by atoms with Crippen LogP contribution in [0, 0.1) is 22.7 Å². The van der Waals surface area contributed by atoms with Crippen LogP contribution in [0.1, 0.15) is 40.0 Å². The fourth-order valence-electron chi connectivity index (χ4n) is 1.61. The van der Waals surface area contributed by atoms with Gasteiger partial charge in [-0.25, -0.2) is 0 Å². The Morgan fingerprint density at radius 3 is 2.57 bits per heavy atom. The predicted molar refractivity (Wildman–Crippen MR) is 54.4 cm³/mol. The summed E-state index contributed by atoms with van der Waals surface area (Å²) in [4.78, 5) is 11.2. The van der Waals surface area contributed by atoms with Gasteiger partial charge in [0.15, 0.2) is 0 Å². The lowest BCUT2D eigenvalue weighted by Crippen LogP contribution is -2.21. The molecule has 0 aromatic heterocycles. The first-order valence-electron chi connectivity index (χ1n) is 4.88. The van der Waals surface area contributed by atoms with Gasteiger partial charge in [0, 0.05) is 6.42 Å². The van der Waals surface area contributed by atoms with Crippen LogP contribution in [0.25, 0.3) is 0 Å². The van der Waals surface area contributed by atoms with Crippen molar-refractivity contribution in [3.05, 3.63) is 0 Å². The maximum atomic E-state index is 11.2. The fraction of sp³-hybridized carbons (Fsp3) is 0.818. The lowest BCUT2D eigenvalue weighted by Gasteiger charge is -2.25. The summed E-state index contributed by atoms with van der Waals surface area (Å²) >= 11 is 0. The van der Waals surface area contributed by atoms with Gasteiger partial charge in [0.05, 0.1) is 19.1 Å². The van der Waals surface area contributed by atoms with Gasteiger partial charge in [-0.2, -0.15) is 5.26 Å². The van der Waals surface area contributed by atoms with Gasteiger partial charge in [-0.1, -0.05) is 20.8 Å². The van der Waals surface area contributed by atoms with E-state index < -0.39 is 0 Å². The van der Waals surface area contributed by atoms with Crippen molar-refractivity contribution in [2.45, 2.75) is 40.0 Å². The van der Waals surface area contributed by atoms with Crippen molar-refractivity contribution in [1.29, 1.82) is 5.26 Å². The molecule has 0 fully saturated rings. The minimum absolute atomic E-state index is 0.0311. The van der Waals surface area contributed by atoms with E-state index in [4.69, 9.17) is 5.26 Å². The molecule has 0 spiro atoms. The highest BCUT2D eigenvalue weighted by Crippen LogP contribution is 2.30. The molecule has 3 heteroatoms. The third-order valence-electron chi connectivity index (χ3n) is 2.38. The van der Waals surface area contributed by atoms with E-state index in [-0.39, 0.29) is 17.3 Å². The SMILES string of the molecule is COC(=O)C(C)CC(C)(C)CCC#N. The first kappa shape index (κ1) is 13.0. The molecule has 1 atom stereocenters. The summed E-state index contributed by atoms with van der Waals surface area (Å²) in [6.45, 7) is 6.01. The van der Waals surface area contributed by atoms with Gasteiger partial charge in [-0.05, 0) is 18.3 Å². The zero-order chi connectivity index (χ0) is 11.2. The molecule has 0 bridgehead atoms. The summed E-state index contributed by atoms with van der Waals surface area (Å²) in [5, 5.41) is 8.48. The van der Waals surface area contributed by atoms with Gasteiger partial charge in [-0.15, -0.1) is 0 Å². The number of nitriles is 1. The van der Waals surface area contributed by atoms with Crippen molar-refractivity contribution in [3.63, 3.8) is 0 Å². The monoisotopic (exact) mass is 197 g/mol. The van der Waals surface area contributed by atoms with Gasteiger partial charge in [0.25, 0.3) is 0 Å². The molecule has 0 aliphatic heterocycles. The number of hydrogen-bond donors (Lipinski definition) is 0. The molecule has 3 nitrogen and oxygen atoms in total. The molecule has 0 rings (SSSR count). The standard InChI is InChI=1S/C11H19NO2/c1-9(10(13)14-4)8-11(2,3)6-5-7-12/h9H,5-6,8H2,1-4H3. The summed E-state index contributed by atoms with van der Waals surface area (Å²) in [7, 11) is 1.40. The van der Waals surface area contributed by atoms with Crippen molar-refractivity contribution >= 4 is 5.97 Å². The number of esters is 1. The lowest BCUT2D eigenvalue weighted by molar-refractivity contribution is -0.145. The second kappa shape index (κ2) is 5.64. The average Bonchev–Trinajstić information content (AvgIpc) is 2.12. The summed E-state index contributed by atoms with van der Waals surface area (Å²) in [6.07, 6.45) is 2.13. The Labute approximate surface area is 86.1 Å². The van der Waals surface area contributed by atoms with E-state index in [1.807, 2.05) is 6.92 Å². The number of rotatable bonds is 5. The Balaban J connectivity index is 4.08. The van der Waals surface area contributed by atoms with Crippen LogP contribution in [0.5, 0.6) is 0 Å². The maximum Gasteiger partial charge on any atom is 0.308 e. The van der Waals surface area contributed by atoms with E-state index in [1.54, 1.807) is 0 Å². The largest absolute Gasteiger partial charge is 0.469 e. The molecular formula is C11H19NO2. The van der Waals surface area contributed by atoms with Crippen LogP contribution in [-0.4, -0.2) is 13.1 Å². The van der Waals surface area contributed by atoms with Crippen LogP contribution in [-0.2, 0) is 9.53 Å². The zero-order valence-electron chi connectivity index (χ0n) is 9.46. The van der Waals surface area contributed by atoms with Crippen LogP contribution in [0.3, 0.4) is 0 Å². The first-order chi connectivity index (χ1) is 6.43. The molecule has 0 aromatic carbocycles. The van der Waals surface area contributed by atoms with Gasteiger partial charge >= 0.3 is 5.97 Å². The average molecular weight is 197 g/mol. The normalized spacial score (nSPS) is 13.1. The van der Waals surface area contributed by atoms with Gasteiger partial charge in [-0.3, -0.25) is 4.79 Å². The Bertz CT molecular complexity index is 228. The van der Waals surface area contributed by atoms with E-state index in [2.05, 4.69) is 24.7 Å². The fourth-order valence-corrected chi connectivity index (χ4v) is 1.61. The van der Waals surface area contributed by atoms with Crippen molar-refractivity contribution in [2.24, 2.45) is 11.3 Å². The van der Waals surface area contributed by atoms with Gasteiger partial charge < -0.3 is 4.74 Å². The Morgan fingerprint density at radius 1 is 1.57 bits per heavy atom. The van der Waals surface area contributed by atoms with Crippen LogP contribution in [0.15, 0.2) is 0 Å². The zero-order valence-corrected chi connectivity index (χ0v) is 9.46. The molecule has 0 heterocycles. The number of nitrogens with zero attached hydrogens (tertiary/aromatic N) is 1. The summed E-state index contributed by atoms with van der Waals surface area (Å²) < 4.78 is 4.66. The Hall–Kier alpha value is -1.04. The highest BCUT2D eigenvalue weighted by Gasteiger charge is 2.24. The third-order valence-corrected chi connectivity index (χ3v) is 2.38. The molecule has 1 unspecified atom stereocenters. The molecule has 80 valence electrons. The van der Waals surface area contributed by atoms with Crippen LogP contribution in [0.2, 0.25) is 0 Å². The van der Waals surface area contributed by atoms with Crippen molar-refractivity contribution in [1.82, 2.24) is 0 Å². The van der Waals surface area contributed by atoms with Crippen LogP contribution < -0.4 is 0 Å². The van der Waals surface area contributed by atoms with Crippen molar-refractivity contribution in [3.8, 4) is 6.07 Å². The van der Waals surface area contributed by atoms with E-state index in [0.29, 0.717) is 6.42 Å². The number of carbonyl (C=O) groups is 1. The number of carbonyl (C=O) groups excluding carboxylic acids is 1. The predicted octanol–water partition coefficient (Wildman–Crippen LogP) is 2.52. The molecule has 0 N–H and O–H groups in total. The molecule has 14 heavy (non-hydrogen) atoms. The summed E-state index contributed by atoms with van der Waals surface area (Å²) in [5.41, 5.74) is 0.0311. The van der Waals surface area contributed by atoms with Crippen molar-refractivity contribution in [2.75, 3.05) is 7.11 Å². The Kier molecular flexibility index (Phi) is 5.22. The quantitative estimate of drug-likeness (QED) is 0.636. The second-order valence-electron chi connectivity index (χ2n) is 4.45. The third kappa shape index (κ3) is 4.86. The summed E-state index contributed by atoms with van der Waals surface area (Å²) in [5.74, 6) is -0.260. The molecule has 0 aromatic rings. The maximum absolute atomic E-state index is 11.2. The van der Waals surface area contributed by atoms with E-state index in [9.17, 15) is 4.79 Å². The summed E-state index contributed by atoms with van der Waals surface area (Å²) in [6, 6.07) is 2.12. The molecule has 0 aliphatic carbocycles. The highest BCUT2D eigenvalue weighted by molar-refractivity contribution is 5.71. The van der Waals surface area contributed by atoms with E-state index >= 15 is 0 Å². The van der Waals surface area contributed by atoms with Crippen LogP contribution in [0.4, 0.5) is 0 Å². The topological polar surface area (TPSA) is 50.1 Å². The number of ether oxygens (including phenoxy) is 1. The number of hydrogen-bond acceptors (Lipinski definition) is 3. The minimum Gasteiger partial charge on any atom is -0.469 e. The minimum atomic E-state index is -0.171. The van der Waals surface area contributed by atoms with Gasteiger partial charge in [0.2, 0.25) is 0 Å². The van der Waals surface area contributed by atoms with Crippen molar-refractivity contribution < 1.29 is 9.53 Å². The van der Waals surface area contributed by atoms with Gasteiger partial charge in [0.1, 0.15) is 0 Å². The molecule has 0 saturated heterocycles. The van der Waals surface area contributed by atoms with Crippen LogP contribution >= 0.6 is 0 Å².